The summed E-state index contributed by atoms with van der Waals surface area (Å²) in [5.41, 5.74) is 6.11. The Morgan fingerprint density at radius 3 is 2.39 bits per heavy atom. The number of carbonyl (C=O) groups excluding carboxylic acids is 1. The van der Waals surface area contributed by atoms with Gasteiger partial charge in [0.05, 0.1) is 5.41 Å². The lowest BCUT2D eigenvalue weighted by atomic mass is 9.73. The van der Waals surface area contributed by atoms with Crippen LogP contribution in [0.25, 0.3) is 0 Å². The summed E-state index contributed by atoms with van der Waals surface area (Å²) in [6.07, 6.45) is 5.06. The molecule has 0 unspecified atom stereocenters. The first kappa shape index (κ1) is 12.9. The lowest BCUT2D eigenvalue weighted by Crippen LogP contribution is -2.43. The van der Waals surface area contributed by atoms with Gasteiger partial charge in [0.1, 0.15) is 5.75 Å². The maximum Gasteiger partial charge on any atom is 0.231 e. The molecule has 2 rings (SSSR count). The van der Waals surface area contributed by atoms with Crippen LogP contribution >= 0.6 is 0 Å². The molecule has 0 bridgehead atoms. The Hall–Kier alpha value is -1.55. The molecule has 4 heteroatoms. The second-order valence-corrected chi connectivity index (χ2v) is 5.05. The van der Waals surface area contributed by atoms with Gasteiger partial charge in [0.2, 0.25) is 5.91 Å². The average molecular weight is 248 g/mol. The van der Waals surface area contributed by atoms with Crippen LogP contribution in [0.4, 0.5) is 5.69 Å². The minimum absolute atomic E-state index is 0.00962. The van der Waals surface area contributed by atoms with Gasteiger partial charge in [0.25, 0.3) is 0 Å². The number of anilines is 1. The van der Waals surface area contributed by atoms with E-state index in [1.165, 1.54) is 6.42 Å². The molecule has 0 aromatic heterocycles. The van der Waals surface area contributed by atoms with Crippen molar-refractivity contribution < 1.29 is 9.90 Å². The van der Waals surface area contributed by atoms with Crippen molar-refractivity contribution in [3.8, 4) is 5.75 Å². The molecular weight excluding hydrogens is 228 g/mol. The fourth-order valence-corrected chi connectivity index (χ4v) is 2.56. The summed E-state index contributed by atoms with van der Waals surface area (Å²) in [6, 6.07) is 6.51. The quantitative estimate of drug-likeness (QED) is 0.718. The van der Waals surface area contributed by atoms with Crippen LogP contribution in [0, 0.1) is 5.41 Å². The summed E-state index contributed by atoms with van der Waals surface area (Å²) < 4.78 is 0. The fourth-order valence-electron chi connectivity index (χ4n) is 2.56. The first-order valence-electron chi connectivity index (χ1n) is 6.47. The van der Waals surface area contributed by atoms with Crippen LogP contribution < -0.4 is 11.1 Å². The molecule has 1 aliphatic rings. The smallest absolute Gasteiger partial charge is 0.231 e. The Bertz CT molecular complexity index is 408. The van der Waals surface area contributed by atoms with Gasteiger partial charge in [-0.05, 0) is 37.1 Å². The zero-order valence-electron chi connectivity index (χ0n) is 10.5. The predicted octanol–water partition coefficient (Wildman–Crippen LogP) is 2.24. The third-order valence-corrected chi connectivity index (χ3v) is 3.81. The Morgan fingerprint density at radius 1 is 1.22 bits per heavy atom. The number of nitrogens with two attached hydrogens (primary N) is 1. The summed E-state index contributed by atoms with van der Waals surface area (Å²) in [5, 5.41) is 12.1. The third-order valence-electron chi connectivity index (χ3n) is 3.81. The van der Waals surface area contributed by atoms with Crippen molar-refractivity contribution >= 4 is 11.6 Å². The number of phenolic OH excluding ortho intramolecular Hbond substituents is 1. The van der Waals surface area contributed by atoms with Crippen molar-refractivity contribution in [1.29, 1.82) is 0 Å². The van der Waals surface area contributed by atoms with Gasteiger partial charge in [0, 0.05) is 12.2 Å². The lowest BCUT2D eigenvalue weighted by molar-refractivity contribution is -0.126. The first-order valence-corrected chi connectivity index (χ1v) is 6.47. The Balaban J connectivity index is 2.07. The molecule has 4 N–H and O–H groups in total. The zero-order valence-corrected chi connectivity index (χ0v) is 10.5. The molecule has 1 aliphatic carbocycles. The molecule has 1 aromatic carbocycles. The van der Waals surface area contributed by atoms with E-state index in [1.54, 1.807) is 24.3 Å². The Morgan fingerprint density at radius 2 is 1.83 bits per heavy atom. The lowest BCUT2D eigenvalue weighted by Gasteiger charge is -2.34. The van der Waals surface area contributed by atoms with Gasteiger partial charge in [0.15, 0.2) is 0 Å². The highest BCUT2D eigenvalue weighted by molar-refractivity contribution is 5.95. The first-order chi connectivity index (χ1) is 8.66. The highest BCUT2D eigenvalue weighted by Gasteiger charge is 2.38. The molecule has 0 spiro atoms. The number of carbonyl (C=O) groups is 1. The van der Waals surface area contributed by atoms with E-state index in [-0.39, 0.29) is 11.7 Å². The van der Waals surface area contributed by atoms with E-state index in [1.807, 2.05) is 0 Å². The van der Waals surface area contributed by atoms with Gasteiger partial charge in [-0.15, -0.1) is 0 Å². The molecule has 4 nitrogen and oxygen atoms in total. The highest BCUT2D eigenvalue weighted by Crippen LogP contribution is 2.36. The summed E-state index contributed by atoms with van der Waals surface area (Å²) in [6.45, 7) is 0.400. The second kappa shape index (κ2) is 5.40. The fraction of sp³-hybridized carbons (Fsp3) is 0.500. The molecule has 1 saturated carbocycles. The van der Waals surface area contributed by atoms with E-state index >= 15 is 0 Å². The topological polar surface area (TPSA) is 75.4 Å². The van der Waals surface area contributed by atoms with E-state index < -0.39 is 5.41 Å². The molecule has 1 aromatic rings. The normalized spacial score (nSPS) is 18.3. The van der Waals surface area contributed by atoms with Crippen molar-refractivity contribution in [3.63, 3.8) is 0 Å². The molecular formula is C14H20N2O2. The molecule has 0 radical (unpaired) electrons. The molecule has 0 atom stereocenters. The highest BCUT2D eigenvalue weighted by atomic mass is 16.3. The molecule has 1 amide bonds. The summed E-state index contributed by atoms with van der Waals surface area (Å²) in [7, 11) is 0. The van der Waals surface area contributed by atoms with Gasteiger partial charge in [-0.2, -0.15) is 0 Å². The Kier molecular flexibility index (Phi) is 3.87. The van der Waals surface area contributed by atoms with Crippen molar-refractivity contribution in [1.82, 2.24) is 0 Å². The number of hydrogen-bond donors (Lipinski definition) is 3. The molecule has 0 heterocycles. The number of nitrogens with one attached hydrogen (secondary N) is 1. The maximum atomic E-state index is 12.4. The number of rotatable bonds is 3. The SMILES string of the molecule is NCC1(C(=O)Nc2ccc(O)cc2)CCCCC1. The van der Waals surface area contributed by atoms with E-state index in [2.05, 4.69) is 5.32 Å². The van der Waals surface area contributed by atoms with Crippen molar-refractivity contribution in [2.75, 3.05) is 11.9 Å². The van der Waals surface area contributed by atoms with Crippen LogP contribution in [0.3, 0.4) is 0 Å². The van der Waals surface area contributed by atoms with Gasteiger partial charge in [-0.25, -0.2) is 0 Å². The largest absolute Gasteiger partial charge is 0.508 e. The van der Waals surface area contributed by atoms with Gasteiger partial charge in [-0.3, -0.25) is 4.79 Å². The standard InChI is InChI=1S/C14H20N2O2/c15-10-14(8-2-1-3-9-14)13(18)16-11-4-6-12(17)7-5-11/h4-7,17H,1-3,8-10,15H2,(H,16,18). The van der Waals surface area contributed by atoms with Gasteiger partial charge in [-0.1, -0.05) is 19.3 Å². The number of benzene rings is 1. The van der Waals surface area contributed by atoms with Crippen LogP contribution in [0.2, 0.25) is 0 Å². The summed E-state index contributed by atoms with van der Waals surface area (Å²) in [5.74, 6) is 0.203. The molecule has 98 valence electrons. The van der Waals surface area contributed by atoms with Gasteiger partial charge >= 0.3 is 0 Å². The number of amides is 1. The van der Waals surface area contributed by atoms with Crippen molar-refractivity contribution in [2.24, 2.45) is 11.1 Å². The van der Waals surface area contributed by atoms with Crippen LogP contribution in [0.15, 0.2) is 24.3 Å². The summed E-state index contributed by atoms with van der Waals surface area (Å²) in [4.78, 5) is 12.4. The zero-order chi connectivity index (χ0) is 13.0. The molecule has 0 saturated heterocycles. The average Bonchev–Trinajstić information content (AvgIpc) is 2.42. The van der Waals surface area contributed by atoms with E-state index in [0.29, 0.717) is 12.2 Å². The molecule has 1 fully saturated rings. The minimum Gasteiger partial charge on any atom is -0.508 e. The monoisotopic (exact) mass is 248 g/mol. The number of hydrogen-bond acceptors (Lipinski definition) is 3. The number of aromatic hydroxyl groups is 1. The van der Waals surface area contributed by atoms with Crippen molar-refractivity contribution in [2.45, 2.75) is 32.1 Å². The van der Waals surface area contributed by atoms with Crippen LogP contribution in [0.5, 0.6) is 5.75 Å². The predicted molar refractivity (Wildman–Crippen MR) is 71.3 cm³/mol. The van der Waals surface area contributed by atoms with Crippen LogP contribution in [0.1, 0.15) is 32.1 Å². The number of phenols is 1. The van der Waals surface area contributed by atoms with E-state index in [4.69, 9.17) is 5.73 Å². The second-order valence-electron chi connectivity index (χ2n) is 5.05. The van der Waals surface area contributed by atoms with Crippen LogP contribution in [-0.4, -0.2) is 17.6 Å². The molecule has 18 heavy (non-hydrogen) atoms. The van der Waals surface area contributed by atoms with E-state index in [9.17, 15) is 9.90 Å². The third kappa shape index (κ3) is 2.64. The summed E-state index contributed by atoms with van der Waals surface area (Å²) >= 11 is 0. The van der Waals surface area contributed by atoms with Gasteiger partial charge < -0.3 is 16.2 Å². The van der Waals surface area contributed by atoms with Crippen LogP contribution in [-0.2, 0) is 4.79 Å². The minimum atomic E-state index is -0.407. The van der Waals surface area contributed by atoms with E-state index in [0.717, 1.165) is 25.7 Å². The van der Waals surface area contributed by atoms with Crippen molar-refractivity contribution in [3.05, 3.63) is 24.3 Å². The Labute approximate surface area is 107 Å². The maximum absolute atomic E-state index is 12.4. The molecule has 0 aliphatic heterocycles.